The Bertz CT molecular complexity index is 476. The predicted octanol–water partition coefficient (Wildman–Crippen LogP) is 4.67. The molecule has 1 amide bonds. The van der Waals surface area contributed by atoms with E-state index in [2.05, 4.69) is 48.6 Å². The zero-order chi connectivity index (χ0) is 16.3. The third-order valence-electron chi connectivity index (χ3n) is 2.51. The zero-order valence-corrected chi connectivity index (χ0v) is 17.0. The molecule has 1 aromatic heterocycles. The number of halogens is 2. The normalized spacial score (nSPS) is 12.3. The molecule has 0 saturated carbocycles. The van der Waals surface area contributed by atoms with Gasteiger partial charge in [-0.15, -0.1) is 11.3 Å². The third-order valence-corrected chi connectivity index (χ3v) is 5.77. The molecule has 0 aliphatic carbocycles. The minimum absolute atomic E-state index is 0.222. The number of alkyl carbamates (subject to hydrolysis) is 1. The van der Waals surface area contributed by atoms with E-state index in [0.717, 1.165) is 14.8 Å². The average Bonchev–Trinajstić information content (AvgIpc) is 2.62. The monoisotopic (exact) mass is 440 g/mol. The molecule has 0 aromatic carbocycles. The van der Waals surface area contributed by atoms with Crippen LogP contribution in [0, 0.1) is 0 Å². The van der Waals surface area contributed by atoms with Gasteiger partial charge in [0.2, 0.25) is 0 Å². The van der Waals surface area contributed by atoms with Gasteiger partial charge in [-0.25, -0.2) is 4.79 Å². The van der Waals surface area contributed by atoms with E-state index in [1.165, 1.54) is 4.88 Å². The van der Waals surface area contributed by atoms with Crippen molar-refractivity contribution in [3.8, 4) is 0 Å². The molecule has 21 heavy (non-hydrogen) atoms. The van der Waals surface area contributed by atoms with Crippen LogP contribution in [-0.2, 0) is 11.3 Å². The van der Waals surface area contributed by atoms with E-state index in [1.807, 2.05) is 34.6 Å². The molecule has 0 saturated heterocycles. The van der Waals surface area contributed by atoms with Gasteiger partial charge in [0.1, 0.15) is 5.60 Å². The lowest BCUT2D eigenvalue weighted by Crippen LogP contribution is -2.49. The summed E-state index contributed by atoms with van der Waals surface area (Å²) < 4.78 is 7.38. The standard InChI is InChI=1S/C14H22Br2N2O2S/c1-13(2,3)20-12(19)17-8-14(4,5)18-7-9-6-10(15)11(16)21-9/h6,18H,7-8H2,1-5H3,(H,17,19). The van der Waals surface area contributed by atoms with Crippen molar-refractivity contribution in [3.05, 3.63) is 19.2 Å². The van der Waals surface area contributed by atoms with E-state index in [-0.39, 0.29) is 11.6 Å². The molecule has 4 nitrogen and oxygen atoms in total. The van der Waals surface area contributed by atoms with Gasteiger partial charge >= 0.3 is 6.09 Å². The Hall–Kier alpha value is -0.110. The summed E-state index contributed by atoms with van der Waals surface area (Å²) in [5, 5.41) is 6.23. The minimum Gasteiger partial charge on any atom is -0.444 e. The van der Waals surface area contributed by atoms with Gasteiger partial charge in [0.15, 0.2) is 0 Å². The van der Waals surface area contributed by atoms with Crippen molar-refractivity contribution in [1.29, 1.82) is 0 Å². The fourth-order valence-corrected chi connectivity index (χ4v) is 3.59. The van der Waals surface area contributed by atoms with Crippen LogP contribution in [0.5, 0.6) is 0 Å². The Kier molecular flexibility index (Phi) is 6.71. The lowest BCUT2D eigenvalue weighted by molar-refractivity contribution is 0.0513. The maximum Gasteiger partial charge on any atom is 0.407 e. The topological polar surface area (TPSA) is 50.4 Å². The van der Waals surface area contributed by atoms with E-state index in [0.29, 0.717) is 6.54 Å². The van der Waals surface area contributed by atoms with Gasteiger partial charge in [0.25, 0.3) is 0 Å². The van der Waals surface area contributed by atoms with Gasteiger partial charge in [-0.1, -0.05) is 0 Å². The molecule has 1 aromatic rings. The maximum absolute atomic E-state index is 11.7. The second-order valence-corrected chi connectivity index (χ2v) is 9.74. The summed E-state index contributed by atoms with van der Waals surface area (Å²) in [6.45, 7) is 10.9. The second kappa shape index (κ2) is 7.44. The van der Waals surface area contributed by atoms with Crippen molar-refractivity contribution >= 4 is 49.3 Å². The SMILES string of the molecule is CC(C)(CNC(=O)OC(C)(C)C)NCc1cc(Br)c(Br)s1. The summed E-state index contributed by atoms with van der Waals surface area (Å²) in [7, 11) is 0. The minimum atomic E-state index is -0.475. The van der Waals surface area contributed by atoms with Gasteiger partial charge in [-0.3, -0.25) is 0 Å². The Labute approximate surface area is 147 Å². The zero-order valence-electron chi connectivity index (χ0n) is 13.0. The van der Waals surface area contributed by atoms with Crippen LogP contribution in [0.25, 0.3) is 0 Å². The van der Waals surface area contributed by atoms with Crippen LogP contribution in [0.3, 0.4) is 0 Å². The highest BCUT2D eigenvalue weighted by atomic mass is 79.9. The van der Waals surface area contributed by atoms with Crippen molar-refractivity contribution in [3.63, 3.8) is 0 Å². The molecule has 2 N–H and O–H groups in total. The molecule has 0 aliphatic heterocycles. The molecular weight excluding hydrogens is 420 g/mol. The van der Waals surface area contributed by atoms with Crippen LogP contribution < -0.4 is 10.6 Å². The number of carbonyl (C=O) groups is 1. The van der Waals surface area contributed by atoms with Crippen LogP contribution in [0.15, 0.2) is 14.3 Å². The van der Waals surface area contributed by atoms with Gasteiger partial charge in [-0.2, -0.15) is 0 Å². The molecule has 0 radical (unpaired) electrons. The van der Waals surface area contributed by atoms with Gasteiger partial charge < -0.3 is 15.4 Å². The first-order valence-electron chi connectivity index (χ1n) is 6.64. The summed E-state index contributed by atoms with van der Waals surface area (Å²) in [5.74, 6) is 0. The molecule has 1 heterocycles. The Morgan fingerprint density at radius 3 is 2.38 bits per heavy atom. The first kappa shape index (κ1) is 18.9. The fraction of sp³-hybridized carbons (Fsp3) is 0.643. The van der Waals surface area contributed by atoms with E-state index < -0.39 is 5.60 Å². The maximum atomic E-state index is 11.7. The van der Waals surface area contributed by atoms with Crippen LogP contribution in [0.1, 0.15) is 39.5 Å². The number of amides is 1. The van der Waals surface area contributed by atoms with Gasteiger partial charge in [0, 0.05) is 28.0 Å². The molecule has 120 valence electrons. The molecular formula is C14H22Br2N2O2S. The molecule has 0 aliphatic rings. The number of hydrogen-bond donors (Lipinski definition) is 2. The molecule has 0 fully saturated rings. The summed E-state index contributed by atoms with van der Waals surface area (Å²) in [6, 6.07) is 2.08. The Morgan fingerprint density at radius 1 is 1.29 bits per heavy atom. The summed E-state index contributed by atoms with van der Waals surface area (Å²) >= 11 is 8.64. The fourth-order valence-electron chi connectivity index (χ4n) is 1.47. The van der Waals surface area contributed by atoms with Crippen LogP contribution in [-0.4, -0.2) is 23.8 Å². The van der Waals surface area contributed by atoms with E-state index in [9.17, 15) is 4.79 Å². The lowest BCUT2D eigenvalue weighted by Gasteiger charge is -2.27. The largest absolute Gasteiger partial charge is 0.444 e. The lowest BCUT2D eigenvalue weighted by atomic mass is 10.1. The highest BCUT2D eigenvalue weighted by molar-refractivity contribution is 9.13. The second-order valence-electron chi connectivity index (χ2n) is 6.43. The smallest absolute Gasteiger partial charge is 0.407 e. The van der Waals surface area contributed by atoms with Gasteiger partial charge in [-0.05, 0) is 72.5 Å². The molecule has 7 heteroatoms. The van der Waals surface area contributed by atoms with Crippen LogP contribution in [0.2, 0.25) is 0 Å². The van der Waals surface area contributed by atoms with Crippen molar-refractivity contribution in [2.24, 2.45) is 0 Å². The van der Waals surface area contributed by atoms with Crippen molar-refractivity contribution in [2.45, 2.75) is 52.3 Å². The van der Waals surface area contributed by atoms with E-state index in [4.69, 9.17) is 4.74 Å². The highest BCUT2D eigenvalue weighted by Gasteiger charge is 2.21. The quantitative estimate of drug-likeness (QED) is 0.698. The van der Waals surface area contributed by atoms with Crippen molar-refractivity contribution in [2.75, 3.05) is 6.54 Å². The first-order chi connectivity index (χ1) is 9.48. The number of carbonyl (C=O) groups excluding carboxylic acids is 1. The molecule has 0 atom stereocenters. The summed E-state index contributed by atoms with van der Waals surface area (Å²) in [4.78, 5) is 12.9. The third kappa shape index (κ3) is 7.63. The van der Waals surface area contributed by atoms with Crippen LogP contribution in [0.4, 0.5) is 4.79 Å². The highest BCUT2D eigenvalue weighted by Crippen LogP contribution is 2.32. The summed E-state index contributed by atoms with van der Waals surface area (Å²) in [6.07, 6.45) is -0.390. The number of ether oxygens (including phenoxy) is 1. The van der Waals surface area contributed by atoms with E-state index in [1.54, 1.807) is 11.3 Å². The molecule has 0 bridgehead atoms. The number of nitrogens with one attached hydrogen (secondary N) is 2. The first-order valence-corrected chi connectivity index (χ1v) is 9.04. The number of thiophene rings is 1. The molecule has 1 rings (SSSR count). The Morgan fingerprint density at radius 2 is 1.90 bits per heavy atom. The molecule has 0 unspecified atom stereocenters. The van der Waals surface area contributed by atoms with Crippen LogP contribution >= 0.6 is 43.2 Å². The average molecular weight is 442 g/mol. The van der Waals surface area contributed by atoms with E-state index >= 15 is 0 Å². The number of rotatable bonds is 5. The predicted molar refractivity (Wildman–Crippen MR) is 94.9 cm³/mol. The van der Waals surface area contributed by atoms with Crippen molar-refractivity contribution in [1.82, 2.24) is 10.6 Å². The Balaban J connectivity index is 2.41. The van der Waals surface area contributed by atoms with Gasteiger partial charge in [0.05, 0.1) is 3.79 Å². The number of hydrogen-bond acceptors (Lipinski definition) is 4. The molecule has 0 spiro atoms. The summed E-state index contributed by atoms with van der Waals surface area (Å²) in [5.41, 5.74) is -0.697. The van der Waals surface area contributed by atoms with Crippen molar-refractivity contribution < 1.29 is 9.53 Å².